The highest BCUT2D eigenvalue weighted by atomic mass is 35.5. The van der Waals surface area contributed by atoms with E-state index in [0.717, 1.165) is 30.0 Å². The van der Waals surface area contributed by atoms with E-state index < -0.39 is 0 Å². The summed E-state index contributed by atoms with van der Waals surface area (Å²) in [6.45, 7) is 4.13. The number of nitrogens with zero attached hydrogens (tertiary/aromatic N) is 1. The van der Waals surface area contributed by atoms with Crippen molar-refractivity contribution in [1.29, 1.82) is 0 Å². The van der Waals surface area contributed by atoms with Crippen LogP contribution in [0.4, 0.5) is 0 Å². The maximum Gasteiger partial charge on any atom is 0.348 e. The summed E-state index contributed by atoms with van der Waals surface area (Å²) in [5, 5.41) is 1.28. The average molecular weight is 312 g/mol. The zero-order valence-electron chi connectivity index (χ0n) is 11.6. The molecule has 0 radical (unpaired) electrons. The molecule has 0 N–H and O–H groups in total. The van der Waals surface area contributed by atoms with Crippen molar-refractivity contribution in [1.82, 2.24) is 4.90 Å². The Labute approximate surface area is 128 Å². The Bertz CT molecular complexity index is 638. The van der Waals surface area contributed by atoms with Gasteiger partial charge >= 0.3 is 5.97 Å². The number of thiophene rings is 1. The lowest BCUT2D eigenvalue weighted by Crippen LogP contribution is -2.19. The number of ether oxygens (including phenoxy) is 1. The molecule has 1 aromatic heterocycles. The second-order valence-corrected chi connectivity index (χ2v) is 5.96. The average Bonchev–Trinajstić information content (AvgIpc) is 2.66. The molecule has 1 aromatic carbocycles. The number of esters is 1. The Balaban J connectivity index is 0.00000147. The van der Waals surface area contributed by atoms with Crippen molar-refractivity contribution in [3.05, 3.63) is 34.2 Å². The van der Waals surface area contributed by atoms with E-state index in [4.69, 9.17) is 4.74 Å². The number of carbonyl (C=O) groups excluding carboxylic acids is 1. The van der Waals surface area contributed by atoms with Crippen LogP contribution in [0.5, 0.6) is 0 Å². The van der Waals surface area contributed by atoms with Crippen LogP contribution in [0.15, 0.2) is 18.2 Å². The molecule has 0 bridgehead atoms. The lowest BCUT2D eigenvalue weighted by atomic mass is 10.0. The van der Waals surface area contributed by atoms with Crippen LogP contribution in [0.25, 0.3) is 10.1 Å². The fraction of sp³-hybridized carbons (Fsp3) is 0.400. The molecule has 1 aliphatic rings. The van der Waals surface area contributed by atoms with Gasteiger partial charge in [-0.2, -0.15) is 0 Å². The third kappa shape index (κ3) is 2.55. The highest BCUT2D eigenvalue weighted by molar-refractivity contribution is 7.21. The topological polar surface area (TPSA) is 29.5 Å². The van der Waals surface area contributed by atoms with Crippen LogP contribution in [0.3, 0.4) is 0 Å². The fourth-order valence-corrected chi connectivity index (χ4v) is 3.83. The van der Waals surface area contributed by atoms with Crippen molar-refractivity contribution in [2.24, 2.45) is 0 Å². The first-order valence-corrected chi connectivity index (χ1v) is 7.41. The van der Waals surface area contributed by atoms with E-state index in [1.165, 1.54) is 15.6 Å². The molecule has 0 atom stereocenters. The number of halogens is 1. The molecule has 0 saturated carbocycles. The summed E-state index contributed by atoms with van der Waals surface area (Å²) < 4.78 is 6.39. The van der Waals surface area contributed by atoms with Crippen molar-refractivity contribution >= 4 is 39.8 Å². The third-order valence-electron chi connectivity index (χ3n) is 3.55. The summed E-state index contributed by atoms with van der Waals surface area (Å²) in [5.74, 6) is -0.181. The monoisotopic (exact) mass is 311 g/mol. The van der Waals surface area contributed by atoms with Crippen LogP contribution in [-0.4, -0.2) is 31.1 Å². The lowest BCUT2D eigenvalue weighted by Gasteiger charge is -2.13. The SMILES string of the molecule is CCOC(=O)c1sc2cccc3c2c1CN(C)CC3.Cl. The summed E-state index contributed by atoms with van der Waals surface area (Å²) >= 11 is 1.56. The molecule has 0 saturated heterocycles. The van der Waals surface area contributed by atoms with Gasteiger partial charge in [0.15, 0.2) is 0 Å². The Morgan fingerprint density at radius 1 is 1.45 bits per heavy atom. The number of carbonyl (C=O) groups is 1. The number of hydrogen-bond donors (Lipinski definition) is 0. The molecule has 108 valence electrons. The molecule has 2 aromatic rings. The number of likely N-dealkylation sites (N-methyl/N-ethyl adjacent to an activating group) is 1. The zero-order valence-corrected chi connectivity index (χ0v) is 13.3. The van der Waals surface area contributed by atoms with Gasteiger partial charge in [0.05, 0.1) is 6.61 Å². The standard InChI is InChI=1S/C15H17NO2S.ClH/c1-3-18-15(17)14-11-9-16(2)8-7-10-5-4-6-12(19-14)13(10)11;/h4-6H,3,7-9H2,1-2H3;1H. The molecule has 0 unspecified atom stereocenters. The fourth-order valence-electron chi connectivity index (χ4n) is 2.67. The van der Waals surface area contributed by atoms with Gasteiger partial charge in [-0.05, 0) is 37.6 Å². The first-order chi connectivity index (χ1) is 9.20. The molecule has 2 heterocycles. The van der Waals surface area contributed by atoms with Crippen molar-refractivity contribution in [2.45, 2.75) is 19.9 Å². The van der Waals surface area contributed by atoms with Crippen molar-refractivity contribution < 1.29 is 9.53 Å². The molecular formula is C15H18ClNO2S. The van der Waals surface area contributed by atoms with Gasteiger partial charge in [-0.1, -0.05) is 12.1 Å². The summed E-state index contributed by atoms with van der Waals surface area (Å²) in [5.41, 5.74) is 2.50. The van der Waals surface area contributed by atoms with Crippen LogP contribution in [0.2, 0.25) is 0 Å². The largest absolute Gasteiger partial charge is 0.462 e. The van der Waals surface area contributed by atoms with E-state index in [9.17, 15) is 4.79 Å². The third-order valence-corrected chi connectivity index (χ3v) is 4.73. The minimum absolute atomic E-state index is 0. The molecule has 0 spiro atoms. The number of rotatable bonds is 2. The summed E-state index contributed by atoms with van der Waals surface area (Å²) in [6.07, 6.45) is 1.04. The normalized spacial score (nSPS) is 14.7. The molecule has 0 fully saturated rings. The van der Waals surface area contributed by atoms with E-state index in [-0.39, 0.29) is 18.4 Å². The maximum absolute atomic E-state index is 12.1. The summed E-state index contributed by atoms with van der Waals surface area (Å²) in [4.78, 5) is 15.2. The predicted molar refractivity (Wildman–Crippen MR) is 85.1 cm³/mol. The Morgan fingerprint density at radius 2 is 2.25 bits per heavy atom. The van der Waals surface area contributed by atoms with Crippen LogP contribution >= 0.6 is 23.7 Å². The van der Waals surface area contributed by atoms with Gasteiger partial charge < -0.3 is 9.64 Å². The molecule has 20 heavy (non-hydrogen) atoms. The predicted octanol–water partition coefficient (Wildman–Crippen LogP) is 3.49. The van der Waals surface area contributed by atoms with E-state index >= 15 is 0 Å². The van der Waals surface area contributed by atoms with Crippen LogP contribution in [-0.2, 0) is 17.7 Å². The highest BCUT2D eigenvalue weighted by Crippen LogP contribution is 2.36. The molecule has 3 nitrogen and oxygen atoms in total. The quantitative estimate of drug-likeness (QED) is 0.795. The number of benzene rings is 1. The minimum Gasteiger partial charge on any atom is -0.462 e. The Hall–Kier alpha value is -1.10. The Morgan fingerprint density at radius 3 is 3.00 bits per heavy atom. The molecule has 3 rings (SSSR count). The van der Waals surface area contributed by atoms with Crippen LogP contribution in [0.1, 0.15) is 27.7 Å². The summed E-state index contributed by atoms with van der Waals surface area (Å²) in [6, 6.07) is 6.35. The van der Waals surface area contributed by atoms with Gasteiger partial charge in [0.2, 0.25) is 0 Å². The molecule has 0 amide bonds. The van der Waals surface area contributed by atoms with Gasteiger partial charge in [0.25, 0.3) is 0 Å². The summed E-state index contributed by atoms with van der Waals surface area (Å²) in [7, 11) is 2.10. The Kier molecular flexibility index (Phi) is 4.68. The molecule has 1 aliphatic heterocycles. The van der Waals surface area contributed by atoms with Crippen molar-refractivity contribution in [3.8, 4) is 0 Å². The smallest absolute Gasteiger partial charge is 0.348 e. The van der Waals surface area contributed by atoms with Gasteiger partial charge in [-0.25, -0.2) is 4.79 Å². The van der Waals surface area contributed by atoms with Crippen molar-refractivity contribution in [3.63, 3.8) is 0 Å². The molecular weight excluding hydrogens is 294 g/mol. The lowest BCUT2D eigenvalue weighted by molar-refractivity contribution is 0.0530. The number of hydrogen-bond acceptors (Lipinski definition) is 4. The first kappa shape index (κ1) is 15.3. The van der Waals surface area contributed by atoms with E-state index in [0.29, 0.717) is 6.61 Å². The molecule has 0 aliphatic carbocycles. The van der Waals surface area contributed by atoms with Crippen LogP contribution in [0, 0.1) is 0 Å². The first-order valence-electron chi connectivity index (χ1n) is 6.59. The molecule has 5 heteroatoms. The van der Waals surface area contributed by atoms with Gasteiger partial charge in [0.1, 0.15) is 4.88 Å². The van der Waals surface area contributed by atoms with Gasteiger partial charge in [-0.3, -0.25) is 0 Å². The van der Waals surface area contributed by atoms with E-state index in [1.54, 1.807) is 11.3 Å². The van der Waals surface area contributed by atoms with E-state index in [2.05, 4.69) is 30.1 Å². The van der Waals surface area contributed by atoms with Gasteiger partial charge in [-0.15, -0.1) is 23.7 Å². The van der Waals surface area contributed by atoms with Crippen molar-refractivity contribution in [2.75, 3.05) is 20.2 Å². The van der Waals surface area contributed by atoms with E-state index in [1.807, 2.05) is 6.92 Å². The highest BCUT2D eigenvalue weighted by Gasteiger charge is 2.24. The minimum atomic E-state index is -0.181. The van der Waals surface area contributed by atoms with Gasteiger partial charge in [0, 0.05) is 23.2 Å². The second-order valence-electron chi connectivity index (χ2n) is 4.91. The maximum atomic E-state index is 12.1. The van der Waals surface area contributed by atoms with Crippen LogP contribution < -0.4 is 0 Å². The zero-order chi connectivity index (χ0) is 13.4. The second kappa shape index (κ2) is 6.12.